The first-order valence-electron chi connectivity index (χ1n) is 9.11. The molecule has 2 aromatic heterocycles. The number of aryl methyl sites for hydroxylation is 2. The van der Waals surface area contributed by atoms with Gasteiger partial charge in [-0.05, 0) is 49.8 Å². The van der Waals surface area contributed by atoms with Crippen LogP contribution in [0.5, 0.6) is 0 Å². The second-order valence-electron chi connectivity index (χ2n) is 6.92. The second kappa shape index (κ2) is 6.76. The third kappa shape index (κ3) is 3.13. The van der Waals surface area contributed by atoms with Crippen LogP contribution in [0.1, 0.15) is 22.6 Å². The summed E-state index contributed by atoms with van der Waals surface area (Å²) in [6, 6.07) is 22.6. The first-order valence-corrected chi connectivity index (χ1v) is 9.11. The minimum atomic E-state index is 0.541. The number of fused-ring (bicyclic) bond motifs is 1. The molecule has 2 aromatic carbocycles. The fourth-order valence-electron chi connectivity index (χ4n) is 3.69. The minimum absolute atomic E-state index is 0.541. The van der Waals surface area contributed by atoms with Crippen LogP contribution in [0.2, 0.25) is 0 Å². The van der Waals surface area contributed by atoms with E-state index in [0.717, 1.165) is 16.6 Å². The number of nitrogens with one attached hydrogen (secondary N) is 1. The van der Waals surface area contributed by atoms with Gasteiger partial charge in [-0.2, -0.15) is 4.57 Å². The molecule has 0 unspecified atom stereocenters. The Morgan fingerprint density at radius 2 is 1.67 bits per heavy atom. The molecule has 0 spiro atoms. The number of nitrogens with zero attached hydrogens (tertiary/aromatic N) is 2. The zero-order chi connectivity index (χ0) is 19.0. The standard InChI is InChI=1S/C24H23N3/c1-17-15-19(18(2)27(17)23-7-5-4-6-8-23)9-12-22-13-10-20-16-21(25)11-14-24(20)26(22)3/h4-16,25H,1-3H3. The van der Waals surface area contributed by atoms with Gasteiger partial charge in [0.25, 0.3) is 0 Å². The van der Waals surface area contributed by atoms with Crippen molar-refractivity contribution in [2.45, 2.75) is 13.8 Å². The van der Waals surface area contributed by atoms with Crippen molar-refractivity contribution in [3.05, 3.63) is 95.1 Å². The molecule has 0 radical (unpaired) electrons. The molecule has 0 aliphatic carbocycles. The Morgan fingerprint density at radius 3 is 2.44 bits per heavy atom. The van der Waals surface area contributed by atoms with Gasteiger partial charge in [-0.15, -0.1) is 5.69 Å². The average molecular weight is 353 g/mol. The molecule has 0 saturated carbocycles. The van der Waals surface area contributed by atoms with Gasteiger partial charge < -0.3 is 10.3 Å². The van der Waals surface area contributed by atoms with Gasteiger partial charge in [0, 0.05) is 40.7 Å². The number of aromatic nitrogens is 2. The van der Waals surface area contributed by atoms with E-state index in [2.05, 4.69) is 84.6 Å². The molecule has 27 heavy (non-hydrogen) atoms. The van der Waals surface area contributed by atoms with E-state index in [-0.39, 0.29) is 0 Å². The molecule has 0 amide bonds. The van der Waals surface area contributed by atoms with E-state index >= 15 is 0 Å². The SMILES string of the molecule is Cc1cc(/C=C/c2ccc3cc([NH-])ccc3[n+]2C)c(C)n1-c1ccccc1. The summed E-state index contributed by atoms with van der Waals surface area (Å²) >= 11 is 0. The van der Waals surface area contributed by atoms with Gasteiger partial charge >= 0.3 is 0 Å². The molecule has 0 bridgehead atoms. The molecule has 0 saturated heterocycles. The van der Waals surface area contributed by atoms with Crippen molar-refractivity contribution in [1.82, 2.24) is 4.57 Å². The Morgan fingerprint density at radius 1 is 0.889 bits per heavy atom. The summed E-state index contributed by atoms with van der Waals surface area (Å²) in [5, 5.41) is 1.09. The van der Waals surface area contributed by atoms with Crippen LogP contribution in [0.25, 0.3) is 34.5 Å². The number of para-hydroxylation sites is 1. The lowest BCUT2D eigenvalue weighted by atomic mass is 10.1. The van der Waals surface area contributed by atoms with Crippen molar-refractivity contribution in [2.24, 2.45) is 7.05 Å². The van der Waals surface area contributed by atoms with Crippen molar-refractivity contribution in [3.8, 4) is 5.69 Å². The molecule has 3 nitrogen and oxygen atoms in total. The predicted octanol–water partition coefficient (Wildman–Crippen LogP) is 5.93. The summed E-state index contributed by atoms with van der Waals surface area (Å²) in [4.78, 5) is 0. The maximum absolute atomic E-state index is 7.79. The van der Waals surface area contributed by atoms with Crippen molar-refractivity contribution in [1.29, 1.82) is 0 Å². The molecule has 3 heteroatoms. The van der Waals surface area contributed by atoms with E-state index in [4.69, 9.17) is 5.73 Å². The number of rotatable bonds is 3. The molecule has 0 fully saturated rings. The van der Waals surface area contributed by atoms with E-state index in [1.807, 2.05) is 24.3 Å². The highest BCUT2D eigenvalue weighted by Gasteiger charge is 2.11. The smallest absolute Gasteiger partial charge is 0.212 e. The molecular formula is C24H23N3. The highest BCUT2D eigenvalue weighted by atomic mass is 15.0. The average Bonchev–Trinajstić information content (AvgIpc) is 2.95. The molecule has 134 valence electrons. The van der Waals surface area contributed by atoms with Crippen molar-refractivity contribution in [3.63, 3.8) is 0 Å². The van der Waals surface area contributed by atoms with E-state index in [0.29, 0.717) is 5.69 Å². The Bertz CT molecular complexity index is 1150. The Labute approximate surface area is 160 Å². The third-order valence-corrected chi connectivity index (χ3v) is 5.13. The van der Waals surface area contributed by atoms with Gasteiger partial charge in [0.1, 0.15) is 7.05 Å². The van der Waals surface area contributed by atoms with E-state index in [1.54, 1.807) is 0 Å². The van der Waals surface area contributed by atoms with Crippen molar-refractivity contribution >= 4 is 28.7 Å². The normalized spacial score (nSPS) is 11.5. The molecule has 0 atom stereocenters. The number of pyridine rings is 1. The predicted molar refractivity (Wildman–Crippen MR) is 113 cm³/mol. The topological polar surface area (TPSA) is 32.6 Å². The maximum atomic E-state index is 7.79. The largest absolute Gasteiger partial charge is 0.699 e. The highest BCUT2D eigenvalue weighted by Crippen LogP contribution is 2.23. The molecular weight excluding hydrogens is 330 g/mol. The zero-order valence-corrected chi connectivity index (χ0v) is 15.9. The first-order chi connectivity index (χ1) is 13.0. The van der Waals surface area contributed by atoms with E-state index < -0.39 is 0 Å². The van der Waals surface area contributed by atoms with E-state index in [9.17, 15) is 0 Å². The van der Waals surface area contributed by atoms with Gasteiger partial charge in [0.05, 0.1) is 0 Å². The third-order valence-electron chi connectivity index (χ3n) is 5.13. The van der Waals surface area contributed by atoms with Gasteiger partial charge in [0.15, 0.2) is 0 Å². The number of hydrogen-bond acceptors (Lipinski definition) is 0. The second-order valence-corrected chi connectivity index (χ2v) is 6.92. The molecule has 4 aromatic rings. The van der Waals surface area contributed by atoms with Crippen LogP contribution in [-0.4, -0.2) is 4.57 Å². The number of hydrogen-bond donors (Lipinski definition) is 0. The van der Waals surface area contributed by atoms with Crippen LogP contribution < -0.4 is 4.57 Å². The molecule has 0 aliphatic heterocycles. The summed E-state index contributed by atoms with van der Waals surface area (Å²) in [7, 11) is 2.07. The first kappa shape index (κ1) is 17.1. The van der Waals surface area contributed by atoms with E-state index in [1.165, 1.54) is 22.6 Å². The highest BCUT2D eigenvalue weighted by molar-refractivity contribution is 5.81. The van der Waals surface area contributed by atoms with Crippen LogP contribution in [0.15, 0.2) is 66.7 Å². The van der Waals surface area contributed by atoms with Crippen LogP contribution in [0, 0.1) is 13.8 Å². The van der Waals surface area contributed by atoms with Crippen LogP contribution in [-0.2, 0) is 7.05 Å². The lowest BCUT2D eigenvalue weighted by Gasteiger charge is -2.09. The molecule has 0 aliphatic rings. The van der Waals surface area contributed by atoms with Gasteiger partial charge in [-0.3, -0.25) is 0 Å². The van der Waals surface area contributed by atoms with Crippen molar-refractivity contribution in [2.75, 3.05) is 0 Å². The quantitative estimate of drug-likeness (QED) is 0.409. The number of benzene rings is 2. The maximum Gasteiger partial charge on any atom is 0.212 e. The molecule has 4 rings (SSSR count). The molecule has 1 N–H and O–H groups in total. The van der Waals surface area contributed by atoms with Crippen molar-refractivity contribution < 1.29 is 4.57 Å². The van der Waals surface area contributed by atoms with Gasteiger partial charge in [0.2, 0.25) is 11.2 Å². The molecule has 2 heterocycles. The zero-order valence-electron chi connectivity index (χ0n) is 15.9. The van der Waals surface area contributed by atoms with Gasteiger partial charge in [-0.25, -0.2) is 0 Å². The lowest BCUT2D eigenvalue weighted by Crippen LogP contribution is -2.32. The summed E-state index contributed by atoms with van der Waals surface area (Å²) in [5.41, 5.74) is 15.5. The Kier molecular flexibility index (Phi) is 4.28. The lowest BCUT2D eigenvalue weighted by molar-refractivity contribution is -0.646. The Hall–Kier alpha value is -3.33. The van der Waals surface area contributed by atoms with Crippen LogP contribution in [0.3, 0.4) is 0 Å². The fraction of sp³-hybridized carbons (Fsp3) is 0.125. The summed E-state index contributed by atoms with van der Waals surface area (Å²) in [6.07, 6.45) is 4.34. The summed E-state index contributed by atoms with van der Waals surface area (Å²) in [6.45, 7) is 4.31. The fourth-order valence-corrected chi connectivity index (χ4v) is 3.69. The Balaban J connectivity index is 1.73. The minimum Gasteiger partial charge on any atom is -0.699 e. The van der Waals surface area contributed by atoms with Crippen LogP contribution in [0.4, 0.5) is 5.69 Å². The summed E-state index contributed by atoms with van der Waals surface area (Å²) in [5.74, 6) is 0. The monoisotopic (exact) mass is 353 g/mol. The van der Waals surface area contributed by atoms with Crippen LogP contribution >= 0.6 is 0 Å². The summed E-state index contributed by atoms with van der Waals surface area (Å²) < 4.78 is 4.46. The van der Waals surface area contributed by atoms with Gasteiger partial charge in [-0.1, -0.05) is 30.3 Å².